The summed E-state index contributed by atoms with van der Waals surface area (Å²) in [7, 11) is 0. The molecule has 3 rings (SSSR count). The lowest BCUT2D eigenvalue weighted by Gasteiger charge is -2.32. The molecule has 0 aliphatic carbocycles. The Kier molecular flexibility index (Phi) is 4.36. The van der Waals surface area contributed by atoms with Crippen LogP contribution in [0, 0.1) is 5.92 Å². The number of halogens is 1. The molecule has 1 aromatic rings. The first-order valence-electron chi connectivity index (χ1n) is 7.51. The Morgan fingerprint density at radius 1 is 1.36 bits per heavy atom. The predicted octanol–water partition coefficient (Wildman–Crippen LogP) is 1.94. The maximum atomic E-state index is 12.6. The SMILES string of the molecule is C[C@@H]1CN(C(=O)[C@H]2CC(=O)N(c3cccc(Cl)c3)C2)CCO1. The summed E-state index contributed by atoms with van der Waals surface area (Å²) in [6.07, 6.45) is 0.315. The molecule has 2 amide bonds. The molecule has 0 aromatic heterocycles. The Bertz CT molecular complexity index is 593. The number of rotatable bonds is 2. The molecule has 0 unspecified atom stereocenters. The molecule has 1 aromatic carbocycles. The van der Waals surface area contributed by atoms with Gasteiger partial charge in [0.05, 0.1) is 18.6 Å². The number of carbonyl (C=O) groups is 2. The average Bonchev–Trinajstić information content (AvgIpc) is 2.88. The monoisotopic (exact) mass is 322 g/mol. The van der Waals surface area contributed by atoms with E-state index in [1.807, 2.05) is 24.0 Å². The lowest BCUT2D eigenvalue weighted by Crippen LogP contribution is -2.47. The molecule has 0 saturated carbocycles. The maximum absolute atomic E-state index is 12.6. The van der Waals surface area contributed by atoms with E-state index in [1.165, 1.54) is 0 Å². The second-order valence-electron chi connectivity index (χ2n) is 5.85. The van der Waals surface area contributed by atoms with Gasteiger partial charge in [-0.1, -0.05) is 17.7 Å². The first-order valence-corrected chi connectivity index (χ1v) is 7.88. The van der Waals surface area contributed by atoms with Gasteiger partial charge in [-0.05, 0) is 25.1 Å². The van der Waals surface area contributed by atoms with Crippen molar-refractivity contribution in [2.45, 2.75) is 19.4 Å². The van der Waals surface area contributed by atoms with Crippen molar-refractivity contribution in [2.24, 2.45) is 5.92 Å². The zero-order chi connectivity index (χ0) is 15.7. The summed E-state index contributed by atoms with van der Waals surface area (Å²) in [5.41, 5.74) is 0.753. The van der Waals surface area contributed by atoms with E-state index < -0.39 is 0 Å². The van der Waals surface area contributed by atoms with Crippen molar-refractivity contribution in [2.75, 3.05) is 31.1 Å². The molecule has 0 spiro atoms. The van der Waals surface area contributed by atoms with Crippen LogP contribution in [0.1, 0.15) is 13.3 Å². The van der Waals surface area contributed by atoms with Gasteiger partial charge >= 0.3 is 0 Å². The summed E-state index contributed by atoms with van der Waals surface area (Å²) in [6, 6.07) is 7.17. The molecular weight excluding hydrogens is 304 g/mol. The fraction of sp³-hybridized carbons (Fsp3) is 0.500. The zero-order valence-electron chi connectivity index (χ0n) is 12.5. The van der Waals surface area contributed by atoms with Crippen LogP contribution in [0.3, 0.4) is 0 Å². The summed E-state index contributed by atoms with van der Waals surface area (Å²) in [5, 5.41) is 0.585. The molecular formula is C16H19ClN2O3. The van der Waals surface area contributed by atoms with Crippen molar-refractivity contribution < 1.29 is 14.3 Å². The van der Waals surface area contributed by atoms with Gasteiger partial charge in [0.2, 0.25) is 11.8 Å². The summed E-state index contributed by atoms with van der Waals surface area (Å²) >= 11 is 5.98. The number of anilines is 1. The summed E-state index contributed by atoms with van der Waals surface area (Å²) in [4.78, 5) is 28.3. The molecule has 118 valence electrons. The number of carbonyl (C=O) groups excluding carboxylic acids is 2. The minimum Gasteiger partial charge on any atom is -0.375 e. The van der Waals surface area contributed by atoms with E-state index in [4.69, 9.17) is 16.3 Å². The Hall–Kier alpha value is -1.59. The third kappa shape index (κ3) is 3.10. The van der Waals surface area contributed by atoms with Gasteiger partial charge in [-0.2, -0.15) is 0 Å². The molecule has 0 radical (unpaired) electrons. The third-order valence-electron chi connectivity index (χ3n) is 4.15. The number of amides is 2. The van der Waals surface area contributed by atoms with Gasteiger partial charge in [-0.15, -0.1) is 0 Å². The molecule has 0 bridgehead atoms. The lowest BCUT2D eigenvalue weighted by molar-refractivity contribution is -0.142. The number of ether oxygens (including phenoxy) is 1. The van der Waals surface area contributed by atoms with Crippen molar-refractivity contribution in [3.05, 3.63) is 29.3 Å². The molecule has 2 heterocycles. The van der Waals surface area contributed by atoms with Gasteiger partial charge in [0, 0.05) is 36.8 Å². The van der Waals surface area contributed by atoms with Gasteiger partial charge in [-0.25, -0.2) is 0 Å². The molecule has 2 atom stereocenters. The maximum Gasteiger partial charge on any atom is 0.228 e. The largest absolute Gasteiger partial charge is 0.375 e. The highest BCUT2D eigenvalue weighted by Crippen LogP contribution is 2.28. The van der Waals surface area contributed by atoms with Gasteiger partial charge < -0.3 is 14.5 Å². The molecule has 0 N–H and O–H groups in total. The van der Waals surface area contributed by atoms with Crippen LogP contribution in [0.15, 0.2) is 24.3 Å². The van der Waals surface area contributed by atoms with Crippen LogP contribution in [0.25, 0.3) is 0 Å². The first-order chi connectivity index (χ1) is 10.5. The smallest absolute Gasteiger partial charge is 0.228 e. The van der Waals surface area contributed by atoms with E-state index in [0.29, 0.717) is 31.3 Å². The first kappa shape index (κ1) is 15.3. The average molecular weight is 323 g/mol. The van der Waals surface area contributed by atoms with Gasteiger partial charge in [0.15, 0.2) is 0 Å². The quantitative estimate of drug-likeness (QED) is 0.836. The van der Waals surface area contributed by atoms with Crippen molar-refractivity contribution in [3.63, 3.8) is 0 Å². The van der Waals surface area contributed by atoms with E-state index >= 15 is 0 Å². The van der Waals surface area contributed by atoms with Crippen molar-refractivity contribution in [1.29, 1.82) is 0 Å². The van der Waals surface area contributed by atoms with Crippen LogP contribution < -0.4 is 4.90 Å². The van der Waals surface area contributed by atoms with Gasteiger partial charge in [-0.3, -0.25) is 9.59 Å². The molecule has 2 aliphatic rings. The molecule has 6 heteroatoms. The second-order valence-corrected chi connectivity index (χ2v) is 6.29. The lowest BCUT2D eigenvalue weighted by atomic mass is 10.1. The molecule has 22 heavy (non-hydrogen) atoms. The summed E-state index contributed by atoms with van der Waals surface area (Å²) in [6.45, 7) is 4.14. The minimum atomic E-state index is -0.281. The van der Waals surface area contributed by atoms with Crippen LogP contribution >= 0.6 is 11.6 Å². The topological polar surface area (TPSA) is 49.9 Å². The number of hydrogen-bond acceptors (Lipinski definition) is 3. The highest BCUT2D eigenvalue weighted by Gasteiger charge is 2.38. The van der Waals surface area contributed by atoms with Crippen molar-refractivity contribution >= 4 is 29.1 Å². The predicted molar refractivity (Wildman–Crippen MR) is 83.9 cm³/mol. The fourth-order valence-electron chi connectivity index (χ4n) is 3.04. The molecule has 2 aliphatic heterocycles. The molecule has 2 fully saturated rings. The Morgan fingerprint density at radius 3 is 2.91 bits per heavy atom. The number of nitrogens with zero attached hydrogens (tertiary/aromatic N) is 2. The van der Waals surface area contributed by atoms with Crippen LogP contribution in [0.5, 0.6) is 0 Å². The van der Waals surface area contributed by atoms with Crippen molar-refractivity contribution in [1.82, 2.24) is 4.90 Å². The highest BCUT2D eigenvalue weighted by molar-refractivity contribution is 6.30. The zero-order valence-corrected chi connectivity index (χ0v) is 13.3. The minimum absolute atomic E-state index is 0.0260. The number of morpholine rings is 1. The highest BCUT2D eigenvalue weighted by atomic mass is 35.5. The Labute approximate surface area is 134 Å². The molecule has 5 nitrogen and oxygen atoms in total. The van der Waals surface area contributed by atoms with Gasteiger partial charge in [0.25, 0.3) is 0 Å². The standard InChI is InChI=1S/C16H19ClN2O3/c1-11-9-18(5-6-22-11)16(21)12-7-15(20)19(10-12)14-4-2-3-13(17)8-14/h2-4,8,11-12H,5-7,9-10H2,1H3/t11-,12+/m1/s1. The Balaban J connectivity index is 1.70. The summed E-state index contributed by atoms with van der Waals surface area (Å²) in [5.74, 6) is -0.258. The second kappa shape index (κ2) is 6.26. The fourth-order valence-corrected chi connectivity index (χ4v) is 3.23. The third-order valence-corrected chi connectivity index (χ3v) is 4.38. The summed E-state index contributed by atoms with van der Waals surface area (Å²) < 4.78 is 5.46. The van der Waals surface area contributed by atoms with Crippen LogP contribution in [0.4, 0.5) is 5.69 Å². The van der Waals surface area contributed by atoms with E-state index in [1.54, 1.807) is 17.0 Å². The van der Waals surface area contributed by atoms with Crippen LogP contribution in [-0.2, 0) is 14.3 Å². The van der Waals surface area contributed by atoms with Crippen molar-refractivity contribution in [3.8, 4) is 0 Å². The normalized spacial score (nSPS) is 25.6. The van der Waals surface area contributed by atoms with Gasteiger partial charge in [0.1, 0.15) is 0 Å². The van der Waals surface area contributed by atoms with Crippen LogP contribution in [0.2, 0.25) is 5.02 Å². The number of hydrogen-bond donors (Lipinski definition) is 0. The van der Waals surface area contributed by atoms with E-state index in [2.05, 4.69) is 0 Å². The van der Waals surface area contributed by atoms with E-state index in [-0.39, 0.29) is 30.3 Å². The van der Waals surface area contributed by atoms with E-state index in [9.17, 15) is 9.59 Å². The number of benzene rings is 1. The van der Waals surface area contributed by atoms with E-state index in [0.717, 1.165) is 5.69 Å². The van der Waals surface area contributed by atoms with Crippen LogP contribution in [-0.4, -0.2) is 49.1 Å². The molecule has 2 saturated heterocycles. The Morgan fingerprint density at radius 2 is 2.18 bits per heavy atom.